The third kappa shape index (κ3) is 2.75. The average Bonchev–Trinajstić information content (AvgIpc) is 2.92. The molecule has 2 aromatic heterocycles. The highest BCUT2D eigenvalue weighted by molar-refractivity contribution is 6.33. The molecule has 108 valence electrons. The van der Waals surface area contributed by atoms with Crippen LogP contribution >= 0.6 is 11.6 Å². The first-order chi connectivity index (χ1) is 10.2. The molecule has 0 saturated carbocycles. The number of aromatic nitrogens is 4. The third-order valence-corrected chi connectivity index (χ3v) is 3.33. The molecule has 6 nitrogen and oxygen atoms in total. The van der Waals surface area contributed by atoms with E-state index in [0.29, 0.717) is 22.4 Å². The van der Waals surface area contributed by atoms with Crippen molar-refractivity contribution in [2.24, 2.45) is 0 Å². The van der Waals surface area contributed by atoms with Gasteiger partial charge in [-0.05, 0) is 31.5 Å². The van der Waals surface area contributed by atoms with Gasteiger partial charge in [-0.3, -0.25) is 0 Å². The molecule has 3 N–H and O–H groups in total. The molecule has 0 aliphatic carbocycles. The molecule has 0 bridgehead atoms. The van der Waals surface area contributed by atoms with Crippen LogP contribution in [0.25, 0.3) is 11.2 Å². The molecule has 1 aromatic carbocycles. The Bertz CT molecular complexity index is 782. The molecule has 0 saturated heterocycles. The predicted molar refractivity (Wildman–Crippen MR) is 85.3 cm³/mol. The lowest BCUT2D eigenvalue weighted by molar-refractivity contribution is 1.10. The lowest BCUT2D eigenvalue weighted by atomic mass is 10.2. The number of H-pyrrole nitrogens is 1. The Balaban J connectivity index is 2.06. The van der Waals surface area contributed by atoms with Gasteiger partial charge in [0.1, 0.15) is 5.52 Å². The van der Waals surface area contributed by atoms with Gasteiger partial charge < -0.3 is 15.6 Å². The summed E-state index contributed by atoms with van der Waals surface area (Å²) in [6.45, 7) is 4.74. The van der Waals surface area contributed by atoms with Crippen LogP contribution in [0.4, 0.5) is 17.5 Å². The Labute approximate surface area is 127 Å². The molecule has 0 unspecified atom stereocenters. The summed E-state index contributed by atoms with van der Waals surface area (Å²) < 4.78 is 0. The Kier molecular flexibility index (Phi) is 3.62. The molecular weight excluding hydrogens is 288 g/mol. The number of nitrogens with one attached hydrogen (secondary N) is 3. The maximum absolute atomic E-state index is 6.22. The van der Waals surface area contributed by atoms with Crippen LogP contribution < -0.4 is 10.6 Å². The van der Waals surface area contributed by atoms with Crippen LogP contribution in [-0.2, 0) is 0 Å². The number of anilines is 3. The molecule has 3 aromatic rings. The van der Waals surface area contributed by atoms with Gasteiger partial charge in [-0.25, -0.2) is 4.98 Å². The SMILES string of the molecule is CCNc1nc(Nc2cc(C)ccc2Cl)c2[nH]cnc2n1. The number of aryl methyl sites for hydroxylation is 1. The molecule has 0 radical (unpaired) electrons. The van der Waals surface area contributed by atoms with Crippen molar-refractivity contribution >= 4 is 40.2 Å². The van der Waals surface area contributed by atoms with Crippen LogP contribution in [0.15, 0.2) is 24.5 Å². The molecule has 0 aliphatic rings. The molecule has 0 spiro atoms. The summed E-state index contributed by atoms with van der Waals surface area (Å²) in [4.78, 5) is 16.0. The second kappa shape index (κ2) is 5.57. The number of hydrogen-bond donors (Lipinski definition) is 3. The molecule has 0 amide bonds. The molecule has 3 rings (SSSR count). The van der Waals surface area contributed by atoms with Gasteiger partial charge in [0.2, 0.25) is 5.95 Å². The van der Waals surface area contributed by atoms with E-state index in [9.17, 15) is 0 Å². The van der Waals surface area contributed by atoms with E-state index >= 15 is 0 Å². The Morgan fingerprint density at radius 2 is 2.14 bits per heavy atom. The first-order valence-electron chi connectivity index (χ1n) is 6.65. The van der Waals surface area contributed by atoms with E-state index in [1.54, 1.807) is 6.33 Å². The summed E-state index contributed by atoms with van der Waals surface area (Å²) in [6.07, 6.45) is 1.60. The highest BCUT2D eigenvalue weighted by atomic mass is 35.5. The Hall–Kier alpha value is -2.34. The minimum atomic E-state index is 0.531. The fraction of sp³-hybridized carbons (Fsp3) is 0.214. The van der Waals surface area contributed by atoms with Crippen LogP contribution in [0, 0.1) is 6.92 Å². The van der Waals surface area contributed by atoms with Crippen molar-refractivity contribution in [1.29, 1.82) is 0 Å². The van der Waals surface area contributed by atoms with Gasteiger partial charge in [-0.1, -0.05) is 17.7 Å². The van der Waals surface area contributed by atoms with Crippen LogP contribution in [0.2, 0.25) is 5.02 Å². The van der Waals surface area contributed by atoms with E-state index in [1.807, 2.05) is 32.0 Å². The van der Waals surface area contributed by atoms with Crippen LogP contribution in [-0.4, -0.2) is 26.5 Å². The van der Waals surface area contributed by atoms with Gasteiger partial charge >= 0.3 is 0 Å². The fourth-order valence-corrected chi connectivity index (χ4v) is 2.19. The van der Waals surface area contributed by atoms with Crippen LogP contribution in [0.3, 0.4) is 0 Å². The van der Waals surface area contributed by atoms with Crippen molar-refractivity contribution in [3.05, 3.63) is 35.1 Å². The lowest BCUT2D eigenvalue weighted by Gasteiger charge is -2.10. The van der Waals surface area contributed by atoms with E-state index in [-0.39, 0.29) is 0 Å². The minimum absolute atomic E-state index is 0.531. The Morgan fingerprint density at radius 1 is 1.29 bits per heavy atom. The van der Waals surface area contributed by atoms with Crippen molar-refractivity contribution in [3.8, 4) is 0 Å². The molecule has 21 heavy (non-hydrogen) atoms. The van der Waals surface area contributed by atoms with Gasteiger partial charge in [-0.15, -0.1) is 0 Å². The van der Waals surface area contributed by atoms with Gasteiger partial charge in [0.15, 0.2) is 11.5 Å². The van der Waals surface area contributed by atoms with Crippen LogP contribution in [0.5, 0.6) is 0 Å². The van der Waals surface area contributed by atoms with E-state index in [0.717, 1.165) is 23.3 Å². The van der Waals surface area contributed by atoms with Crippen molar-refractivity contribution in [2.45, 2.75) is 13.8 Å². The van der Waals surface area contributed by atoms with E-state index in [1.165, 1.54) is 0 Å². The average molecular weight is 303 g/mol. The topological polar surface area (TPSA) is 78.5 Å². The molecule has 7 heteroatoms. The lowest BCUT2D eigenvalue weighted by Crippen LogP contribution is -2.05. The molecular formula is C14H15ClN6. The number of nitrogens with zero attached hydrogens (tertiary/aromatic N) is 3. The van der Waals surface area contributed by atoms with E-state index < -0.39 is 0 Å². The van der Waals surface area contributed by atoms with Crippen LogP contribution in [0.1, 0.15) is 12.5 Å². The maximum atomic E-state index is 6.22. The van der Waals surface area contributed by atoms with Gasteiger partial charge in [0, 0.05) is 6.54 Å². The second-order valence-electron chi connectivity index (χ2n) is 4.64. The normalized spacial score (nSPS) is 10.8. The van der Waals surface area contributed by atoms with Crippen molar-refractivity contribution in [2.75, 3.05) is 17.2 Å². The summed E-state index contributed by atoms with van der Waals surface area (Å²) in [5.74, 6) is 1.17. The summed E-state index contributed by atoms with van der Waals surface area (Å²) in [5.41, 5.74) is 3.26. The first kappa shape index (κ1) is 13.6. The summed E-state index contributed by atoms with van der Waals surface area (Å²) in [6, 6.07) is 5.79. The van der Waals surface area contributed by atoms with E-state index in [2.05, 4.69) is 30.6 Å². The number of fused-ring (bicyclic) bond motifs is 1. The number of benzene rings is 1. The predicted octanol–water partition coefficient (Wildman–Crippen LogP) is 3.49. The van der Waals surface area contributed by atoms with Gasteiger partial charge in [-0.2, -0.15) is 9.97 Å². The highest BCUT2D eigenvalue weighted by Gasteiger charge is 2.11. The maximum Gasteiger partial charge on any atom is 0.226 e. The number of imidazole rings is 1. The third-order valence-electron chi connectivity index (χ3n) is 3.00. The molecule has 2 heterocycles. The highest BCUT2D eigenvalue weighted by Crippen LogP contribution is 2.28. The zero-order chi connectivity index (χ0) is 14.8. The minimum Gasteiger partial charge on any atom is -0.354 e. The smallest absolute Gasteiger partial charge is 0.226 e. The molecule has 0 fully saturated rings. The second-order valence-corrected chi connectivity index (χ2v) is 5.04. The molecule has 0 atom stereocenters. The van der Waals surface area contributed by atoms with Gasteiger partial charge in [0.05, 0.1) is 17.0 Å². The fourth-order valence-electron chi connectivity index (χ4n) is 2.02. The monoisotopic (exact) mass is 302 g/mol. The summed E-state index contributed by atoms with van der Waals surface area (Å²) in [7, 11) is 0. The van der Waals surface area contributed by atoms with Gasteiger partial charge in [0.25, 0.3) is 0 Å². The number of hydrogen-bond acceptors (Lipinski definition) is 5. The number of halogens is 1. The molecule has 0 aliphatic heterocycles. The summed E-state index contributed by atoms with van der Waals surface area (Å²) in [5, 5.41) is 6.98. The standard InChI is InChI=1S/C14H15ClN6/c1-3-16-14-20-12-11(17-7-18-12)13(21-14)19-10-6-8(2)4-5-9(10)15/h4-7H,3H2,1-2H3,(H3,16,17,18,19,20,21). The van der Waals surface area contributed by atoms with Crippen molar-refractivity contribution in [3.63, 3.8) is 0 Å². The Morgan fingerprint density at radius 3 is 2.95 bits per heavy atom. The largest absolute Gasteiger partial charge is 0.354 e. The quantitative estimate of drug-likeness (QED) is 0.687. The van der Waals surface area contributed by atoms with E-state index in [4.69, 9.17) is 11.6 Å². The number of rotatable bonds is 4. The summed E-state index contributed by atoms with van der Waals surface area (Å²) >= 11 is 6.22. The number of aromatic amines is 1. The van der Waals surface area contributed by atoms with Crippen molar-refractivity contribution in [1.82, 2.24) is 19.9 Å². The first-order valence-corrected chi connectivity index (χ1v) is 7.03. The van der Waals surface area contributed by atoms with Crippen molar-refractivity contribution < 1.29 is 0 Å². The zero-order valence-corrected chi connectivity index (χ0v) is 12.5. The zero-order valence-electron chi connectivity index (χ0n) is 11.7.